The lowest BCUT2D eigenvalue weighted by atomic mass is 10.2. The van der Waals surface area contributed by atoms with Gasteiger partial charge in [0, 0.05) is 6.07 Å². The number of alkyl halides is 2. The fourth-order valence-electron chi connectivity index (χ4n) is 0.817. The molecule has 0 saturated heterocycles. The van der Waals surface area contributed by atoms with Crippen LogP contribution in [0, 0.1) is 11.8 Å². The maximum Gasteiger partial charge on any atom is 0.338 e. The van der Waals surface area contributed by atoms with Gasteiger partial charge in [0.25, 0.3) is 6.43 Å². The predicted octanol–water partition coefficient (Wildman–Crippen LogP) is 2.00. The summed E-state index contributed by atoms with van der Waals surface area (Å²) in [6.07, 6.45) is -3.36. The van der Waals surface area contributed by atoms with Gasteiger partial charge in [0.1, 0.15) is 11.3 Å². The molecule has 1 aromatic rings. The first-order valence-electron chi connectivity index (χ1n) is 3.31. The summed E-state index contributed by atoms with van der Waals surface area (Å²) in [5.41, 5.74) is -2.66. The van der Waals surface area contributed by atoms with Crippen LogP contribution in [-0.2, 0) is 0 Å². The summed E-state index contributed by atoms with van der Waals surface area (Å²) in [6, 6.07) is 0.240. The van der Waals surface area contributed by atoms with Crippen molar-refractivity contribution in [2.45, 2.75) is 6.43 Å². The molecule has 0 bridgehead atoms. The Bertz CT molecular complexity index is 380. The van der Waals surface area contributed by atoms with Crippen LogP contribution in [-0.4, -0.2) is 16.1 Å². The van der Waals surface area contributed by atoms with Crippen LogP contribution in [0.15, 0.2) is 6.07 Å². The van der Waals surface area contributed by atoms with E-state index in [1.54, 1.807) is 0 Å². The summed E-state index contributed by atoms with van der Waals surface area (Å²) >= 11 is 0. The highest BCUT2D eigenvalue weighted by atomic mass is 19.3. The van der Waals surface area contributed by atoms with Gasteiger partial charge in [0.15, 0.2) is 5.82 Å². The van der Waals surface area contributed by atoms with Crippen molar-refractivity contribution in [1.29, 1.82) is 0 Å². The second-order valence-electron chi connectivity index (χ2n) is 2.30. The molecule has 0 amide bonds. The first-order chi connectivity index (χ1) is 6.43. The minimum Gasteiger partial charge on any atom is -0.478 e. The third kappa shape index (κ3) is 1.81. The fourth-order valence-corrected chi connectivity index (χ4v) is 0.817. The van der Waals surface area contributed by atoms with Crippen molar-refractivity contribution in [3.8, 4) is 0 Å². The lowest BCUT2D eigenvalue weighted by molar-refractivity contribution is 0.0688. The zero-order chi connectivity index (χ0) is 10.9. The van der Waals surface area contributed by atoms with Crippen LogP contribution in [0.2, 0.25) is 0 Å². The highest BCUT2D eigenvalue weighted by Crippen LogP contribution is 2.22. The summed E-state index contributed by atoms with van der Waals surface area (Å²) in [7, 11) is 0. The average Bonchev–Trinajstić information content (AvgIpc) is 2.07. The van der Waals surface area contributed by atoms with Crippen LogP contribution in [0.3, 0.4) is 0 Å². The van der Waals surface area contributed by atoms with Crippen LogP contribution in [0.5, 0.6) is 0 Å². The first-order valence-corrected chi connectivity index (χ1v) is 3.31. The van der Waals surface area contributed by atoms with Crippen molar-refractivity contribution >= 4 is 5.97 Å². The van der Waals surface area contributed by atoms with Gasteiger partial charge in [0.05, 0.1) is 0 Å². The van der Waals surface area contributed by atoms with Gasteiger partial charge >= 0.3 is 5.97 Å². The average molecular weight is 209 g/mol. The topological polar surface area (TPSA) is 50.2 Å². The first kappa shape index (κ1) is 10.4. The molecule has 76 valence electrons. The van der Waals surface area contributed by atoms with Gasteiger partial charge in [-0.15, -0.1) is 0 Å². The van der Waals surface area contributed by atoms with Gasteiger partial charge in [0.2, 0.25) is 5.95 Å². The number of aromatic carboxylic acids is 1. The van der Waals surface area contributed by atoms with E-state index in [1.165, 1.54) is 0 Å². The fraction of sp³-hybridized carbons (Fsp3) is 0.143. The zero-order valence-electron chi connectivity index (χ0n) is 6.47. The summed E-state index contributed by atoms with van der Waals surface area (Å²) < 4.78 is 49.3. The van der Waals surface area contributed by atoms with Gasteiger partial charge in [-0.05, 0) is 0 Å². The number of carboxylic acids is 1. The number of carboxylic acid groups (broad SMARTS) is 1. The third-order valence-corrected chi connectivity index (χ3v) is 1.39. The number of aromatic nitrogens is 1. The molecular weight excluding hydrogens is 206 g/mol. The van der Waals surface area contributed by atoms with E-state index in [2.05, 4.69) is 4.98 Å². The van der Waals surface area contributed by atoms with E-state index in [1.807, 2.05) is 0 Å². The number of hydrogen-bond donors (Lipinski definition) is 1. The highest BCUT2D eigenvalue weighted by Gasteiger charge is 2.23. The molecule has 0 unspecified atom stereocenters. The monoisotopic (exact) mass is 209 g/mol. The molecule has 7 heteroatoms. The van der Waals surface area contributed by atoms with E-state index in [9.17, 15) is 22.4 Å². The molecule has 1 N–H and O–H groups in total. The smallest absolute Gasteiger partial charge is 0.338 e. The number of pyridine rings is 1. The van der Waals surface area contributed by atoms with Crippen molar-refractivity contribution in [1.82, 2.24) is 4.98 Å². The van der Waals surface area contributed by atoms with E-state index >= 15 is 0 Å². The predicted molar refractivity (Wildman–Crippen MR) is 36.1 cm³/mol. The van der Waals surface area contributed by atoms with E-state index in [0.29, 0.717) is 0 Å². The molecule has 0 atom stereocenters. The Kier molecular flexibility index (Phi) is 2.68. The van der Waals surface area contributed by atoms with Crippen LogP contribution >= 0.6 is 0 Å². The Balaban J connectivity index is 3.40. The van der Waals surface area contributed by atoms with E-state index < -0.39 is 35.4 Å². The summed E-state index contributed by atoms with van der Waals surface area (Å²) in [6.45, 7) is 0. The summed E-state index contributed by atoms with van der Waals surface area (Å²) in [5.74, 6) is -5.00. The van der Waals surface area contributed by atoms with Crippen molar-refractivity contribution in [2.24, 2.45) is 0 Å². The van der Waals surface area contributed by atoms with Gasteiger partial charge in [-0.2, -0.15) is 4.39 Å². The Morgan fingerprint density at radius 2 is 2.00 bits per heavy atom. The molecule has 0 radical (unpaired) electrons. The molecule has 0 saturated carbocycles. The molecule has 14 heavy (non-hydrogen) atoms. The normalized spacial score (nSPS) is 10.6. The van der Waals surface area contributed by atoms with Crippen molar-refractivity contribution in [3.63, 3.8) is 0 Å². The Morgan fingerprint density at radius 1 is 1.43 bits per heavy atom. The molecule has 3 nitrogen and oxygen atoms in total. The molecule has 0 aromatic carbocycles. The number of rotatable bonds is 2. The number of nitrogens with zero attached hydrogens (tertiary/aromatic N) is 1. The second kappa shape index (κ2) is 3.60. The maximum atomic E-state index is 12.9. The van der Waals surface area contributed by atoms with Gasteiger partial charge in [-0.3, -0.25) is 0 Å². The second-order valence-corrected chi connectivity index (χ2v) is 2.30. The van der Waals surface area contributed by atoms with E-state index in [0.717, 1.165) is 0 Å². The number of carbonyl (C=O) groups is 1. The van der Waals surface area contributed by atoms with Crippen LogP contribution < -0.4 is 0 Å². The largest absolute Gasteiger partial charge is 0.478 e. The standard InChI is InChI=1S/C7H3F4NO2/c8-3-1-2(7(13)14)4(9)5(12-3)6(10)11/h1,6H,(H,13,14). The van der Waals surface area contributed by atoms with E-state index in [4.69, 9.17) is 5.11 Å². The lowest BCUT2D eigenvalue weighted by Crippen LogP contribution is -2.08. The Morgan fingerprint density at radius 3 is 2.43 bits per heavy atom. The van der Waals surface area contributed by atoms with Crippen molar-refractivity contribution in [3.05, 3.63) is 29.1 Å². The molecule has 0 spiro atoms. The molecule has 0 aliphatic carbocycles. The summed E-state index contributed by atoms with van der Waals surface area (Å²) in [4.78, 5) is 12.8. The molecule has 1 heterocycles. The minimum absolute atomic E-state index is 0.240. The summed E-state index contributed by atoms with van der Waals surface area (Å²) in [5, 5.41) is 8.32. The third-order valence-electron chi connectivity index (χ3n) is 1.39. The Hall–Kier alpha value is -1.66. The van der Waals surface area contributed by atoms with Crippen molar-refractivity contribution in [2.75, 3.05) is 0 Å². The lowest BCUT2D eigenvalue weighted by Gasteiger charge is -2.03. The molecule has 0 aliphatic rings. The Labute approximate surface area is 75.0 Å². The molecule has 1 aromatic heterocycles. The quantitative estimate of drug-likeness (QED) is 0.598. The SMILES string of the molecule is O=C(O)c1cc(F)nc(C(F)F)c1F. The van der Waals surface area contributed by atoms with Crippen LogP contribution in [0.1, 0.15) is 22.5 Å². The van der Waals surface area contributed by atoms with Gasteiger partial charge in [-0.25, -0.2) is 22.9 Å². The van der Waals surface area contributed by atoms with Crippen molar-refractivity contribution < 1.29 is 27.5 Å². The maximum absolute atomic E-state index is 12.9. The van der Waals surface area contributed by atoms with E-state index in [-0.39, 0.29) is 6.07 Å². The molecule has 0 fully saturated rings. The zero-order valence-corrected chi connectivity index (χ0v) is 6.47. The number of halogens is 4. The highest BCUT2D eigenvalue weighted by molar-refractivity contribution is 5.87. The molecular formula is C7H3F4NO2. The molecule has 0 aliphatic heterocycles. The molecule has 1 rings (SSSR count). The minimum atomic E-state index is -3.36. The van der Waals surface area contributed by atoms with Gasteiger partial charge in [-0.1, -0.05) is 0 Å². The van der Waals surface area contributed by atoms with Gasteiger partial charge < -0.3 is 5.11 Å². The van der Waals surface area contributed by atoms with Crippen LogP contribution in [0.4, 0.5) is 17.6 Å². The number of hydrogen-bond acceptors (Lipinski definition) is 2. The van der Waals surface area contributed by atoms with Crippen LogP contribution in [0.25, 0.3) is 0 Å².